The molecule has 2 aliphatic rings. The first-order chi connectivity index (χ1) is 10.2. The summed E-state index contributed by atoms with van der Waals surface area (Å²) in [5.74, 6) is 0. The minimum atomic E-state index is -3.50. The fraction of sp³-hybridized carbons (Fsp3) is 0.875. The Bertz CT molecular complexity index is 602. The SMILES string of the molecule is C=C1C[C@H](OS(C)(=O)=O)[C@H](Br)C(C)(C)[C@@]12CC[C@@](C)(Cl)[C@H](Br)C2. The van der Waals surface area contributed by atoms with Crippen LogP contribution in [-0.2, 0) is 14.3 Å². The van der Waals surface area contributed by atoms with Crippen molar-refractivity contribution in [1.82, 2.24) is 0 Å². The van der Waals surface area contributed by atoms with Crippen LogP contribution in [0.15, 0.2) is 12.2 Å². The molecule has 0 aromatic heterocycles. The largest absolute Gasteiger partial charge is 0.265 e. The minimum absolute atomic E-state index is 0.0744. The highest BCUT2D eigenvalue weighted by atomic mass is 79.9. The summed E-state index contributed by atoms with van der Waals surface area (Å²) in [6, 6.07) is 0. The molecule has 2 aliphatic carbocycles. The molecule has 1 spiro atoms. The first-order valence-electron chi connectivity index (χ1n) is 7.76. The summed E-state index contributed by atoms with van der Waals surface area (Å²) >= 11 is 14.1. The third-order valence-electron chi connectivity index (χ3n) is 5.89. The van der Waals surface area contributed by atoms with Crippen molar-refractivity contribution in [2.75, 3.05) is 6.26 Å². The van der Waals surface area contributed by atoms with Gasteiger partial charge in [-0.3, -0.25) is 4.18 Å². The summed E-state index contributed by atoms with van der Waals surface area (Å²) in [5, 5.41) is 0. The van der Waals surface area contributed by atoms with E-state index < -0.39 is 16.2 Å². The summed E-state index contributed by atoms with van der Waals surface area (Å²) in [6.07, 6.45) is 3.97. The van der Waals surface area contributed by atoms with Crippen LogP contribution < -0.4 is 0 Å². The quantitative estimate of drug-likeness (QED) is 0.309. The van der Waals surface area contributed by atoms with Gasteiger partial charge in [-0.15, -0.1) is 11.6 Å². The lowest BCUT2D eigenvalue weighted by molar-refractivity contribution is -0.00740. The molecule has 2 fully saturated rings. The van der Waals surface area contributed by atoms with Gasteiger partial charge < -0.3 is 0 Å². The van der Waals surface area contributed by atoms with Crippen LogP contribution in [0.4, 0.5) is 0 Å². The summed E-state index contributed by atoms with van der Waals surface area (Å²) in [5.41, 5.74) is 0.793. The van der Waals surface area contributed by atoms with E-state index in [9.17, 15) is 8.42 Å². The average molecular weight is 493 g/mol. The molecule has 0 aromatic rings. The van der Waals surface area contributed by atoms with Gasteiger partial charge in [0.2, 0.25) is 0 Å². The van der Waals surface area contributed by atoms with Gasteiger partial charge in [-0.05, 0) is 43.4 Å². The Morgan fingerprint density at radius 3 is 2.30 bits per heavy atom. The van der Waals surface area contributed by atoms with E-state index in [4.69, 9.17) is 15.8 Å². The van der Waals surface area contributed by atoms with E-state index in [0.29, 0.717) is 6.42 Å². The maximum atomic E-state index is 11.6. The molecule has 0 unspecified atom stereocenters. The van der Waals surface area contributed by atoms with Gasteiger partial charge in [0, 0.05) is 9.65 Å². The Balaban J connectivity index is 2.36. The summed E-state index contributed by atoms with van der Waals surface area (Å²) in [7, 11) is -3.50. The molecule has 0 bridgehead atoms. The van der Waals surface area contributed by atoms with Gasteiger partial charge in [0.25, 0.3) is 10.1 Å². The topological polar surface area (TPSA) is 43.4 Å². The van der Waals surface area contributed by atoms with Crippen molar-refractivity contribution in [2.45, 2.75) is 67.1 Å². The van der Waals surface area contributed by atoms with Crippen molar-refractivity contribution in [3.05, 3.63) is 12.2 Å². The number of rotatable bonds is 2. The van der Waals surface area contributed by atoms with Crippen molar-refractivity contribution in [3.63, 3.8) is 0 Å². The molecule has 0 saturated heterocycles. The summed E-state index contributed by atoms with van der Waals surface area (Å²) < 4.78 is 28.5. The molecule has 7 heteroatoms. The lowest BCUT2D eigenvalue weighted by atomic mass is 9.49. The fourth-order valence-corrected chi connectivity index (χ4v) is 6.63. The second-order valence-corrected chi connectivity index (χ2v) is 12.4. The van der Waals surface area contributed by atoms with Crippen molar-refractivity contribution in [2.24, 2.45) is 10.8 Å². The monoisotopic (exact) mass is 490 g/mol. The Kier molecular flexibility index (Phi) is 5.50. The fourth-order valence-electron chi connectivity index (χ4n) is 4.17. The number of alkyl halides is 3. The van der Waals surface area contributed by atoms with Crippen molar-refractivity contribution >= 4 is 53.6 Å². The van der Waals surface area contributed by atoms with Crippen molar-refractivity contribution in [3.8, 4) is 0 Å². The van der Waals surface area contributed by atoms with Gasteiger partial charge in [-0.1, -0.05) is 57.9 Å². The second-order valence-electron chi connectivity index (χ2n) is 7.80. The van der Waals surface area contributed by atoms with E-state index in [1.54, 1.807) is 0 Å². The molecule has 23 heavy (non-hydrogen) atoms. The number of halogens is 3. The van der Waals surface area contributed by atoms with E-state index >= 15 is 0 Å². The van der Waals surface area contributed by atoms with Crippen LogP contribution in [-0.4, -0.2) is 35.3 Å². The molecule has 0 aromatic carbocycles. The maximum Gasteiger partial charge on any atom is 0.264 e. The molecule has 0 aliphatic heterocycles. The summed E-state index contributed by atoms with van der Waals surface area (Å²) in [4.78, 5) is -0.146. The maximum absolute atomic E-state index is 11.6. The van der Waals surface area contributed by atoms with Crippen LogP contribution in [0.2, 0.25) is 0 Å². The average Bonchev–Trinajstić information content (AvgIpc) is 2.37. The molecule has 5 atom stereocenters. The molecular formula is C16H25Br2ClO3S. The van der Waals surface area contributed by atoms with Crippen LogP contribution in [0, 0.1) is 10.8 Å². The number of hydrogen-bond donors (Lipinski definition) is 0. The molecule has 134 valence electrons. The van der Waals surface area contributed by atoms with E-state index in [-0.39, 0.29) is 25.4 Å². The van der Waals surface area contributed by atoms with Crippen LogP contribution in [0.3, 0.4) is 0 Å². The van der Waals surface area contributed by atoms with E-state index in [0.717, 1.165) is 31.1 Å². The Hall–Kier alpha value is 0.900. The second kappa shape index (κ2) is 6.26. The van der Waals surface area contributed by atoms with Crippen molar-refractivity contribution < 1.29 is 12.6 Å². The molecule has 2 rings (SSSR count). The third-order valence-corrected chi connectivity index (χ3v) is 10.3. The van der Waals surface area contributed by atoms with Gasteiger partial charge in [0.15, 0.2) is 0 Å². The Morgan fingerprint density at radius 2 is 1.83 bits per heavy atom. The van der Waals surface area contributed by atoms with Crippen LogP contribution in [0.25, 0.3) is 0 Å². The van der Waals surface area contributed by atoms with Gasteiger partial charge >= 0.3 is 0 Å². The zero-order valence-electron chi connectivity index (χ0n) is 14.0. The molecular weight excluding hydrogens is 468 g/mol. The van der Waals surface area contributed by atoms with E-state index in [1.807, 2.05) is 0 Å². The predicted octanol–water partition coefficient (Wildman–Crippen LogP) is 5.01. The smallest absolute Gasteiger partial charge is 0.264 e. The number of hydrogen-bond acceptors (Lipinski definition) is 3. The van der Waals surface area contributed by atoms with Gasteiger partial charge in [-0.25, -0.2) is 0 Å². The highest BCUT2D eigenvalue weighted by Gasteiger charge is 2.60. The van der Waals surface area contributed by atoms with Crippen molar-refractivity contribution in [1.29, 1.82) is 0 Å². The van der Waals surface area contributed by atoms with Gasteiger partial charge in [0.05, 0.1) is 17.2 Å². The zero-order chi connectivity index (χ0) is 17.8. The molecule has 0 N–H and O–H groups in total. The molecule has 2 saturated carbocycles. The standard InChI is InChI=1S/C16H25Br2ClO3S/c1-10-8-11(22-23(5,20)21)13(18)14(2,3)16(10)7-6-15(4,19)12(17)9-16/h11-13H,1,6-9H2,2-5H3/t11-,12+,13-,15+,16+/m0/s1. The van der Waals surface area contributed by atoms with E-state index in [2.05, 4.69) is 59.2 Å². The first-order valence-corrected chi connectivity index (χ1v) is 11.8. The molecule has 3 nitrogen and oxygen atoms in total. The van der Waals surface area contributed by atoms with Gasteiger partial charge in [-0.2, -0.15) is 8.42 Å². The Labute approximate surface area is 161 Å². The van der Waals surface area contributed by atoms with Crippen LogP contribution >= 0.6 is 43.5 Å². The lowest BCUT2D eigenvalue weighted by Gasteiger charge is -2.60. The molecule has 0 radical (unpaired) electrons. The summed E-state index contributed by atoms with van der Waals surface area (Å²) in [6.45, 7) is 10.7. The molecule has 0 heterocycles. The zero-order valence-corrected chi connectivity index (χ0v) is 18.8. The lowest BCUT2D eigenvalue weighted by Crippen LogP contribution is -2.58. The van der Waals surface area contributed by atoms with Gasteiger partial charge in [0.1, 0.15) is 0 Å². The molecule has 0 amide bonds. The predicted molar refractivity (Wildman–Crippen MR) is 103 cm³/mol. The van der Waals surface area contributed by atoms with Crippen LogP contribution in [0.5, 0.6) is 0 Å². The van der Waals surface area contributed by atoms with Crippen LogP contribution in [0.1, 0.15) is 46.5 Å². The normalized spacial score (nSPS) is 44.5. The highest BCUT2D eigenvalue weighted by Crippen LogP contribution is 2.64. The first kappa shape index (κ1) is 20.2. The Morgan fingerprint density at radius 1 is 1.26 bits per heavy atom. The van der Waals surface area contributed by atoms with E-state index in [1.165, 1.54) is 0 Å². The third kappa shape index (κ3) is 3.57. The minimum Gasteiger partial charge on any atom is -0.265 e. The highest BCUT2D eigenvalue weighted by molar-refractivity contribution is 9.09.